The van der Waals surface area contributed by atoms with E-state index in [0.717, 1.165) is 33.9 Å². The summed E-state index contributed by atoms with van der Waals surface area (Å²) < 4.78 is 0. The van der Waals surface area contributed by atoms with Gasteiger partial charge in [-0.25, -0.2) is 4.98 Å². The summed E-state index contributed by atoms with van der Waals surface area (Å²) in [6.07, 6.45) is 7.71. The maximum atomic E-state index is 4.85. The minimum Gasteiger partial charge on any atom is -0.337 e. The van der Waals surface area contributed by atoms with Crippen LogP contribution >= 0.6 is 0 Å². The second-order valence-corrected chi connectivity index (χ2v) is 5.51. The van der Waals surface area contributed by atoms with Crippen LogP contribution in [-0.4, -0.2) is 9.97 Å². The van der Waals surface area contributed by atoms with E-state index in [0.29, 0.717) is 0 Å². The molecule has 0 aliphatic rings. The van der Waals surface area contributed by atoms with E-state index in [2.05, 4.69) is 48.8 Å². The topological polar surface area (TPSA) is 28.7 Å². The summed E-state index contributed by atoms with van der Waals surface area (Å²) in [5.41, 5.74) is 5.31. The summed E-state index contributed by atoms with van der Waals surface area (Å²) in [5.74, 6) is 0.880. The van der Waals surface area contributed by atoms with Gasteiger partial charge in [0.25, 0.3) is 0 Å². The molecule has 0 saturated carbocycles. The lowest BCUT2D eigenvalue weighted by Crippen LogP contribution is -1.85. The van der Waals surface area contributed by atoms with Crippen LogP contribution in [0.5, 0.6) is 0 Å². The van der Waals surface area contributed by atoms with Crippen molar-refractivity contribution in [2.45, 2.75) is 6.92 Å². The highest BCUT2D eigenvalue weighted by molar-refractivity contribution is 5.79. The Morgan fingerprint density at radius 1 is 0.917 bits per heavy atom. The number of hydrogen-bond donors (Lipinski definition) is 1. The summed E-state index contributed by atoms with van der Waals surface area (Å²) in [6.45, 7) is 5.78. The van der Waals surface area contributed by atoms with E-state index in [9.17, 15) is 0 Å². The van der Waals surface area contributed by atoms with E-state index < -0.39 is 0 Å². The number of allylic oxidation sites excluding steroid dienone is 5. The van der Waals surface area contributed by atoms with Crippen LogP contribution in [-0.2, 0) is 0 Å². The first-order valence-electron chi connectivity index (χ1n) is 7.97. The monoisotopic (exact) mass is 312 g/mol. The van der Waals surface area contributed by atoms with Crippen molar-refractivity contribution in [1.29, 1.82) is 0 Å². The lowest BCUT2D eigenvalue weighted by atomic mass is 10.1. The Labute approximate surface area is 142 Å². The number of benzene rings is 2. The van der Waals surface area contributed by atoms with Gasteiger partial charge < -0.3 is 4.98 Å². The first-order chi connectivity index (χ1) is 11.8. The molecule has 0 atom stereocenters. The molecule has 0 spiro atoms. The Bertz CT molecular complexity index is 869. The normalized spacial score (nSPS) is 11.8. The molecule has 1 heterocycles. The number of H-pyrrole nitrogens is 1. The average Bonchev–Trinajstić information content (AvgIpc) is 3.09. The molecule has 0 aliphatic carbocycles. The number of imidazole rings is 1. The smallest absolute Gasteiger partial charge is 0.138 e. The largest absolute Gasteiger partial charge is 0.337 e. The van der Waals surface area contributed by atoms with Gasteiger partial charge in [-0.1, -0.05) is 91.5 Å². The van der Waals surface area contributed by atoms with E-state index in [-0.39, 0.29) is 0 Å². The molecule has 2 nitrogen and oxygen atoms in total. The minimum absolute atomic E-state index is 0.880. The van der Waals surface area contributed by atoms with Gasteiger partial charge in [-0.05, 0) is 12.5 Å². The third kappa shape index (κ3) is 3.44. The molecular formula is C22H20N2. The average molecular weight is 312 g/mol. The van der Waals surface area contributed by atoms with Crippen molar-refractivity contribution in [3.63, 3.8) is 0 Å². The zero-order chi connectivity index (χ0) is 16.8. The summed E-state index contributed by atoms with van der Waals surface area (Å²) >= 11 is 0. The second kappa shape index (κ2) is 7.42. The maximum Gasteiger partial charge on any atom is 0.138 e. The van der Waals surface area contributed by atoms with Crippen molar-refractivity contribution < 1.29 is 0 Å². The van der Waals surface area contributed by atoms with Gasteiger partial charge in [0.05, 0.1) is 11.4 Å². The van der Waals surface area contributed by atoms with Gasteiger partial charge in [0.1, 0.15) is 5.82 Å². The Balaban J connectivity index is 2.12. The minimum atomic E-state index is 0.880. The van der Waals surface area contributed by atoms with Crippen LogP contribution in [0.2, 0.25) is 0 Å². The number of aromatic amines is 1. The molecule has 3 rings (SSSR count). The number of hydrogen-bond acceptors (Lipinski definition) is 1. The Morgan fingerprint density at radius 2 is 1.54 bits per heavy atom. The van der Waals surface area contributed by atoms with Crippen LogP contribution in [0.15, 0.2) is 91.5 Å². The molecule has 118 valence electrons. The van der Waals surface area contributed by atoms with Crippen LogP contribution in [0.1, 0.15) is 12.6 Å². The molecular weight excluding hydrogens is 292 g/mol. The first-order valence-corrected chi connectivity index (χ1v) is 7.97. The fraction of sp³-hybridized carbons (Fsp3) is 0.0455. The van der Waals surface area contributed by atoms with Crippen LogP contribution in [0.3, 0.4) is 0 Å². The highest BCUT2D eigenvalue weighted by Crippen LogP contribution is 2.30. The van der Waals surface area contributed by atoms with E-state index in [4.69, 9.17) is 4.98 Å². The predicted molar refractivity (Wildman–Crippen MR) is 102 cm³/mol. The molecule has 0 fully saturated rings. The molecule has 2 aromatic carbocycles. The van der Waals surface area contributed by atoms with Crippen LogP contribution < -0.4 is 0 Å². The van der Waals surface area contributed by atoms with Crippen molar-refractivity contribution in [1.82, 2.24) is 9.97 Å². The molecule has 0 amide bonds. The molecule has 0 saturated heterocycles. The van der Waals surface area contributed by atoms with E-state index >= 15 is 0 Å². The van der Waals surface area contributed by atoms with E-state index in [1.165, 1.54) is 0 Å². The van der Waals surface area contributed by atoms with E-state index in [1.807, 2.05) is 48.6 Å². The fourth-order valence-corrected chi connectivity index (χ4v) is 2.56. The Kier molecular flexibility index (Phi) is 4.87. The van der Waals surface area contributed by atoms with Gasteiger partial charge in [0, 0.05) is 11.1 Å². The van der Waals surface area contributed by atoms with Crippen LogP contribution in [0.4, 0.5) is 0 Å². The third-order valence-corrected chi connectivity index (χ3v) is 3.78. The molecule has 0 bridgehead atoms. The number of aromatic nitrogens is 2. The van der Waals surface area contributed by atoms with Crippen molar-refractivity contribution in [3.05, 3.63) is 97.2 Å². The van der Waals surface area contributed by atoms with Crippen molar-refractivity contribution in [2.24, 2.45) is 0 Å². The number of nitrogens with zero attached hydrogens (tertiary/aromatic N) is 1. The molecule has 0 aliphatic heterocycles. The Hall–Kier alpha value is -3.13. The van der Waals surface area contributed by atoms with Gasteiger partial charge in [0.15, 0.2) is 0 Å². The quantitative estimate of drug-likeness (QED) is 0.585. The molecule has 0 unspecified atom stereocenters. The lowest BCUT2D eigenvalue weighted by Gasteiger charge is -2.02. The van der Waals surface area contributed by atoms with E-state index in [1.54, 1.807) is 6.08 Å². The van der Waals surface area contributed by atoms with Gasteiger partial charge in [-0.3, -0.25) is 0 Å². The fourth-order valence-electron chi connectivity index (χ4n) is 2.56. The Morgan fingerprint density at radius 3 is 2.17 bits per heavy atom. The second-order valence-electron chi connectivity index (χ2n) is 5.51. The van der Waals surface area contributed by atoms with Crippen molar-refractivity contribution >= 4 is 5.57 Å². The van der Waals surface area contributed by atoms with Crippen molar-refractivity contribution in [3.8, 4) is 22.6 Å². The number of nitrogens with one attached hydrogen (secondary N) is 1. The van der Waals surface area contributed by atoms with Gasteiger partial charge in [-0.2, -0.15) is 0 Å². The molecule has 24 heavy (non-hydrogen) atoms. The maximum absolute atomic E-state index is 4.85. The van der Waals surface area contributed by atoms with Gasteiger partial charge in [0.2, 0.25) is 0 Å². The molecule has 0 radical (unpaired) electrons. The number of rotatable bonds is 5. The lowest BCUT2D eigenvalue weighted by molar-refractivity contribution is 1.29. The summed E-state index contributed by atoms with van der Waals surface area (Å²) in [6, 6.07) is 20.5. The first kappa shape index (κ1) is 15.8. The van der Waals surface area contributed by atoms with Gasteiger partial charge in [-0.15, -0.1) is 0 Å². The highest BCUT2D eigenvalue weighted by Gasteiger charge is 2.14. The summed E-state index contributed by atoms with van der Waals surface area (Å²) in [4.78, 5) is 8.34. The zero-order valence-electron chi connectivity index (χ0n) is 13.7. The van der Waals surface area contributed by atoms with Gasteiger partial charge >= 0.3 is 0 Å². The summed E-state index contributed by atoms with van der Waals surface area (Å²) in [5, 5.41) is 0. The summed E-state index contributed by atoms with van der Waals surface area (Å²) in [7, 11) is 0. The molecule has 1 aromatic heterocycles. The molecule has 1 N–H and O–H groups in total. The zero-order valence-corrected chi connectivity index (χ0v) is 13.7. The third-order valence-electron chi connectivity index (χ3n) is 3.78. The standard InChI is InChI=1S/C22H20N2/c1-3-4-7-12-17(2)20-21(18-13-8-5-9-14-18)24-22(23-20)19-15-10-6-11-16-19/h3-16H,1H2,2H3,(H,23,24)/b7-4-,17-12+. The molecule has 2 heteroatoms. The highest BCUT2D eigenvalue weighted by atomic mass is 14.9. The predicted octanol–water partition coefficient (Wildman–Crippen LogP) is 5.89. The van der Waals surface area contributed by atoms with Crippen molar-refractivity contribution in [2.75, 3.05) is 0 Å². The van der Waals surface area contributed by atoms with Crippen LogP contribution in [0.25, 0.3) is 28.2 Å². The molecule has 3 aromatic rings. The SMILES string of the molecule is C=C/C=C\C=C(/C)c1nc(-c2ccccc2)[nH]c1-c1ccccc1. The van der Waals surface area contributed by atoms with Crippen LogP contribution in [0, 0.1) is 0 Å².